The van der Waals surface area contributed by atoms with Crippen LogP contribution < -0.4 is 28.7 Å². The molecule has 0 aliphatic carbocycles. The van der Waals surface area contributed by atoms with E-state index in [4.69, 9.17) is 18.9 Å². The first-order valence-corrected chi connectivity index (χ1v) is 42.9. The summed E-state index contributed by atoms with van der Waals surface area (Å²) in [6, 6.07) is 81.5. The summed E-state index contributed by atoms with van der Waals surface area (Å²) >= 11 is 0. The van der Waals surface area contributed by atoms with Crippen LogP contribution in [0.3, 0.4) is 0 Å². The van der Waals surface area contributed by atoms with Crippen LogP contribution in [0.5, 0.6) is 23.0 Å². The van der Waals surface area contributed by atoms with Gasteiger partial charge >= 0.3 is 0 Å². The number of rotatable bonds is 36. The Kier molecular flexibility index (Phi) is 27.7. The maximum absolute atomic E-state index is 15.5. The molecule has 0 saturated carbocycles. The number of benzene rings is 14. The van der Waals surface area contributed by atoms with E-state index in [0.29, 0.717) is 37.6 Å². The lowest BCUT2D eigenvalue weighted by Crippen LogP contribution is -2.32. The number of likely N-dealkylation sites (N-methyl/N-ethyl adjacent to an activating group) is 10. The molecular formula is C108H120N10O6. The number of carbonyl (C=O) groups is 2. The summed E-state index contributed by atoms with van der Waals surface area (Å²) in [7, 11) is 36.1. The van der Waals surface area contributed by atoms with E-state index in [9.17, 15) is 0 Å². The quantitative estimate of drug-likeness (QED) is 0.0211. The third kappa shape index (κ3) is 18.9. The Bertz CT molecular complexity index is 5740. The standard InChI is InChI=1S/C108H120N10O6/c1-109(2)55-59-113(9)71-83-63-89(43-49-97(83)121-15)107(90-44-50-98(122-16)84(64-90)72-114(10)60-56-110(3)4,87-29-23-31-93(69-87)117(13)101(119)67-81-39-37-79-35-33-75-25-21-27-77-41-47-95(81)105(79)103(75)77)53-19-20-54-108(91-45-51-99(123-17)85(65-91)73-115(11)61-57-111(5)6,92-46-52-100(124-18)86(66-92)74-116(12)62-58-112(7)8)88-30-24-32-94(70-88)118(14)102(120)68-82-40-38-80-36-34-76-26-22-28-78-42-48-96(82)106(80)104(76)78/h21-52,63-66,69-70H,55-62,67-68,71-74H2,1-18H3. The molecule has 2 amide bonds. The fourth-order valence-electron chi connectivity index (χ4n) is 17.8. The molecule has 0 aliphatic heterocycles. The van der Waals surface area contributed by atoms with Crippen LogP contribution in [-0.4, -0.2) is 230 Å². The highest BCUT2D eigenvalue weighted by Crippen LogP contribution is 2.47. The highest BCUT2D eigenvalue weighted by molar-refractivity contribution is 6.25. The molecule has 14 aromatic carbocycles. The van der Waals surface area contributed by atoms with Crippen LogP contribution in [0.4, 0.5) is 11.4 Å². The van der Waals surface area contributed by atoms with E-state index >= 15 is 9.59 Å². The minimum absolute atomic E-state index is 0.0710. The van der Waals surface area contributed by atoms with E-state index in [1.54, 1.807) is 38.2 Å². The second-order valence-corrected chi connectivity index (χ2v) is 34.8. The molecular weight excluding hydrogens is 1530 g/mol. The van der Waals surface area contributed by atoms with Gasteiger partial charge in [-0.2, -0.15) is 0 Å². The van der Waals surface area contributed by atoms with Crippen LogP contribution in [0.1, 0.15) is 66.8 Å². The summed E-state index contributed by atoms with van der Waals surface area (Å²) in [6.07, 6.45) is 0.320. The molecule has 0 aliphatic rings. The van der Waals surface area contributed by atoms with E-state index in [-0.39, 0.29) is 24.7 Å². The van der Waals surface area contributed by atoms with Gasteiger partial charge in [-0.3, -0.25) is 9.59 Å². The molecule has 0 atom stereocenters. The minimum atomic E-state index is -1.36. The van der Waals surface area contributed by atoms with E-state index < -0.39 is 10.8 Å². The lowest BCUT2D eigenvalue weighted by molar-refractivity contribution is -0.118. The number of hydrogen-bond acceptors (Lipinski definition) is 14. The Morgan fingerprint density at radius 1 is 0.274 bits per heavy atom. The lowest BCUT2D eigenvalue weighted by Gasteiger charge is -2.34. The Balaban J connectivity index is 1.02. The van der Waals surface area contributed by atoms with Crippen molar-refractivity contribution in [2.75, 3.05) is 189 Å². The SMILES string of the molecule is COc1ccc(C(C#CC#CC(c2cccc(N(C)C(=O)Cc3ccc4ccc5cccc6ccc3c4c56)c2)(c2ccc(OC)c(CN(C)CCN(C)C)c2)c2ccc(OC)c(CN(C)CCN(C)C)c2)(c2cccc(N(C)C(=O)Cc3ccc4ccc5cccc6ccc3c4c56)c2)c2ccc(OC)c(CN(C)CCN(C)C)c2)cc1CN(C)CCN(C)C. The highest BCUT2D eigenvalue weighted by Gasteiger charge is 2.40. The van der Waals surface area contributed by atoms with Gasteiger partial charge in [0.05, 0.1) is 41.3 Å². The first-order chi connectivity index (χ1) is 59.8. The summed E-state index contributed by atoms with van der Waals surface area (Å²) in [5, 5.41) is 13.8. The molecule has 0 aromatic heterocycles. The molecule has 0 fully saturated rings. The van der Waals surface area contributed by atoms with Crippen LogP contribution in [0.15, 0.2) is 231 Å². The van der Waals surface area contributed by atoms with Gasteiger partial charge < -0.3 is 67.9 Å². The van der Waals surface area contributed by atoms with Gasteiger partial charge in [0, 0.05) is 126 Å². The van der Waals surface area contributed by atoms with E-state index in [1.807, 2.05) is 26.2 Å². The minimum Gasteiger partial charge on any atom is -0.496 e. The first-order valence-electron chi connectivity index (χ1n) is 42.9. The smallest absolute Gasteiger partial charge is 0.231 e. The molecule has 16 nitrogen and oxygen atoms in total. The molecule has 0 N–H and O–H groups in total. The predicted molar refractivity (Wildman–Crippen MR) is 514 cm³/mol. The highest BCUT2D eigenvalue weighted by atomic mass is 16.5. The van der Waals surface area contributed by atoms with Gasteiger partial charge in [-0.15, -0.1) is 0 Å². The maximum atomic E-state index is 15.5. The van der Waals surface area contributed by atoms with Crippen molar-refractivity contribution in [3.8, 4) is 46.7 Å². The Hall–Kier alpha value is -11.9. The first kappa shape index (κ1) is 88.4. The van der Waals surface area contributed by atoms with Gasteiger partial charge in [0.1, 0.15) is 33.8 Å². The van der Waals surface area contributed by atoms with Crippen molar-refractivity contribution >= 4 is 87.8 Å². The second kappa shape index (κ2) is 38.9. The van der Waals surface area contributed by atoms with Crippen molar-refractivity contribution in [3.63, 3.8) is 0 Å². The van der Waals surface area contributed by atoms with Crippen molar-refractivity contribution in [3.05, 3.63) is 297 Å². The molecule has 0 saturated heterocycles. The zero-order chi connectivity index (χ0) is 87.7. The summed E-state index contributed by atoms with van der Waals surface area (Å²) in [6.45, 7) is 8.83. The Morgan fingerprint density at radius 3 is 0.815 bits per heavy atom. The van der Waals surface area contributed by atoms with Gasteiger partial charge in [-0.1, -0.05) is 170 Å². The van der Waals surface area contributed by atoms with Crippen molar-refractivity contribution in [2.45, 2.75) is 49.9 Å². The largest absolute Gasteiger partial charge is 0.496 e. The predicted octanol–water partition coefficient (Wildman–Crippen LogP) is 17.3. The monoisotopic (exact) mass is 1650 g/mol. The summed E-state index contributed by atoms with van der Waals surface area (Å²) in [5.41, 5.74) is 9.51. The van der Waals surface area contributed by atoms with Crippen molar-refractivity contribution in [1.82, 2.24) is 39.2 Å². The van der Waals surface area contributed by atoms with Gasteiger partial charge in [0.2, 0.25) is 11.8 Å². The molecule has 0 unspecified atom stereocenters. The molecule has 0 spiro atoms. The molecule has 14 aromatic rings. The Labute approximate surface area is 734 Å². The van der Waals surface area contributed by atoms with Gasteiger partial charge in [0.15, 0.2) is 0 Å². The molecule has 638 valence electrons. The zero-order valence-electron chi connectivity index (χ0n) is 75.8. The number of hydrogen-bond donors (Lipinski definition) is 0. The third-order valence-electron chi connectivity index (χ3n) is 24.9. The topological polar surface area (TPSA) is 103 Å². The third-order valence-corrected chi connectivity index (χ3v) is 24.9. The van der Waals surface area contributed by atoms with E-state index in [2.05, 4.69) is 366 Å². The van der Waals surface area contributed by atoms with Crippen molar-refractivity contribution < 1.29 is 28.5 Å². The van der Waals surface area contributed by atoms with Crippen LogP contribution in [0.25, 0.3) is 64.6 Å². The van der Waals surface area contributed by atoms with Gasteiger partial charge in [-0.25, -0.2) is 0 Å². The van der Waals surface area contributed by atoms with E-state index in [0.717, 1.165) is 164 Å². The lowest BCUT2D eigenvalue weighted by atomic mass is 9.68. The number of carbonyl (C=O) groups excluding carboxylic acids is 2. The molecule has 0 heterocycles. The average Bonchev–Trinajstić information content (AvgIpc) is 0.750. The van der Waals surface area contributed by atoms with E-state index in [1.165, 1.54) is 43.1 Å². The van der Waals surface area contributed by atoms with Crippen LogP contribution in [0.2, 0.25) is 0 Å². The number of anilines is 2. The molecule has 16 heteroatoms. The van der Waals surface area contributed by atoms with Gasteiger partial charge in [0.25, 0.3) is 0 Å². The molecule has 0 radical (unpaired) electrons. The van der Waals surface area contributed by atoms with Crippen molar-refractivity contribution in [2.24, 2.45) is 0 Å². The normalized spacial score (nSPS) is 12.1. The fraction of sp³-hybridized carbons (Fsp3) is 0.315. The number of nitrogens with zero attached hydrogens (tertiary/aromatic N) is 10. The number of amides is 2. The summed E-state index contributed by atoms with van der Waals surface area (Å²) in [5.74, 6) is 18.5. The second-order valence-electron chi connectivity index (χ2n) is 34.8. The molecule has 0 bridgehead atoms. The number of methoxy groups -OCH3 is 4. The van der Waals surface area contributed by atoms with Crippen LogP contribution >= 0.6 is 0 Å². The van der Waals surface area contributed by atoms with Crippen LogP contribution in [-0.2, 0) is 59.4 Å². The average molecular weight is 1650 g/mol. The summed E-state index contributed by atoms with van der Waals surface area (Å²) in [4.78, 5) is 52.8. The molecule has 14 rings (SSSR count). The van der Waals surface area contributed by atoms with Gasteiger partial charge in [-0.05, 0) is 278 Å². The molecule has 124 heavy (non-hydrogen) atoms. The number of ether oxygens (including phenoxy) is 4. The maximum Gasteiger partial charge on any atom is 0.231 e. The van der Waals surface area contributed by atoms with Crippen molar-refractivity contribution in [1.29, 1.82) is 0 Å². The summed E-state index contributed by atoms with van der Waals surface area (Å²) < 4.78 is 25.4. The zero-order valence-corrected chi connectivity index (χ0v) is 75.8. The van der Waals surface area contributed by atoms with Crippen LogP contribution in [0, 0.1) is 23.7 Å². The Morgan fingerprint density at radius 2 is 0.532 bits per heavy atom. The fourth-order valence-corrected chi connectivity index (χ4v) is 17.8.